The summed E-state index contributed by atoms with van der Waals surface area (Å²) in [7, 11) is 1.77. The van der Waals surface area contributed by atoms with Crippen molar-refractivity contribution >= 4 is 0 Å². The average molecular weight is 128 g/mol. The molecular formula is C7H12O2. The SMILES string of the molecule is COCC1C[C@@H]2O[C@H]2C1. The third-order valence-electron chi connectivity index (χ3n) is 2.22. The van der Waals surface area contributed by atoms with E-state index in [1.54, 1.807) is 7.11 Å². The van der Waals surface area contributed by atoms with Gasteiger partial charge in [0.1, 0.15) is 0 Å². The van der Waals surface area contributed by atoms with Crippen LogP contribution in [0.1, 0.15) is 12.8 Å². The van der Waals surface area contributed by atoms with Crippen LogP contribution in [-0.2, 0) is 9.47 Å². The minimum Gasteiger partial charge on any atom is -0.384 e. The standard InChI is InChI=1S/C7H12O2/c1-8-4-5-2-6-7(3-5)9-6/h5-7H,2-4H2,1H3/t6-,7-/m0/s1. The Labute approximate surface area is 55.1 Å². The Hall–Kier alpha value is -0.0800. The summed E-state index contributed by atoms with van der Waals surface area (Å²) in [5.74, 6) is 0.791. The molecule has 1 heterocycles. The van der Waals surface area contributed by atoms with Gasteiger partial charge >= 0.3 is 0 Å². The maximum atomic E-state index is 5.27. The fourth-order valence-corrected chi connectivity index (χ4v) is 1.72. The molecule has 2 fully saturated rings. The highest BCUT2D eigenvalue weighted by molar-refractivity contribution is 4.95. The van der Waals surface area contributed by atoms with E-state index in [9.17, 15) is 0 Å². The minimum atomic E-state index is 0.616. The molecule has 52 valence electrons. The first-order valence-corrected chi connectivity index (χ1v) is 3.54. The van der Waals surface area contributed by atoms with E-state index in [-0.39, 0.29) is 0 Å². The summed E-state index contributed by atoms with van der Waals surface area (Å²) in [5, 5.41) is 0. The lowest BCUT2D eigenvalue weighted by Gasteiger charge is -2.07. The molecule has 9 heavy (non-hydrogen) atoms. The normalized spacial score (nSPS) is 41.0. The fourth-order valence-electron chi connectivity index (χ4n) is 1.72. The summed E-state index contributed by atoms with van der Waals surface area (Å²) in [6.07, 6.45) is 3.70. The zero-order valence-electron chi connectivity index (χ0n) is 5.67. The van der Waals surface area contributed by atoms with Crippen molar-refractivity contribution < 1.29 is 9.47 Å². The van der Waals surface area contributed by atoms with Gasteiger partial charge in [-0.05, 0) is 18.8 Å². The molecule has 0 aromatic rings. The Bertz CT molecular complexity index is 103. The van der Waals surface area contributed by atoms with Crippen LogP contribution >= 0.6 is 0 Å². The van der Waals surface area contributed by atoms with Crippen LogP contribution in [0.3, 0.4) is 0 Å². The fraction of sp³-hybridized carbons (Fsp3) is 1.00. The van der Waals surface area contributed by atoms with Crippen molar-refractivity contribution in [3.8, 4) is 0 Å². The molecule has 2 nitrogen and oxygen atoms in total. The summed E-state index contributed by atoms with van der Waals surface area (Å²) >= 11 is 0. The summed E-state index contributed by atoms with van der Waals surface area (Å²) < 4.78 is 10.3. The first-order chi connectivity index (χ1) is 4.40. The van der Waals surface area contributed by atoms with Crippen LogP contribution in [0, 0.1) is 5.92 Å². The molecule has 0 amide bonds. The zero-order chi connectivity index (χ0) is 6.27. The van der Waals surface area contributed by atoms with E-state index in [2.05, 4.69) is 0 Å². The second-order valence-corrected chi connectivity index (χ2v) is 3.01. The zero-order valence-corrected chi connectivity index (χ0v) is 5.67. The van der Waals surface area contributed by atoms with Gasteiger partial charge in [-0.25, -0.2) is 0 Å². The number of fused-ring (bicyclic) bond motifs is 1. The Balaban J connectivity index is 1.77. The van der Waals surface area contributed by atoms with Crippen LogP contribution in [0.2, 0.25) is 0 Å². The van der Waals surface area contributed by atoms with Crippen LogP contribution < -0.4 is 0 Å². The van der Waals surface area contributed by atoms with Crippen LogP contribution in [0.4, 0.5) is 0 Å². The van der Waals surface area contributed by atoms with Crippen molar-refractivity contribution in [2.24, 2.45) is 5.92 Å². The largest absolute Gasteiger partial charge is 0.384 e. The van der Waals surface area contributed by atoms with E-state index in [0.717, 1.165) is 12.5 Å². The second kappa shape index (κ2) is 1.96. The number of rotatable bonds is 2. The Morgan fingerprint density at radius 3 is 2.67 bits per heavy atom. The number of methoxy groups -OCH3 is 1. The molecule has 0 unspecified atom stereocenters. The highest BCUT2D eigenvalue weighted by atomic mass is 16.6. The van der Waals surface area contributed by atoms with Gasteiger partial charge in [0, 0.05) is 13.7 Å². The molecule has 0 radical (unpaired) electrons. The van der Waals surface area contributed by atoms with Crippen LogP contribution in [0.15, 0.2) is 0 Å². The van der Waals surface area contributed by atoms with E-state index in [4.69, 9.17) is 9.47 Å². The number of ether oxygens (including phenoxy) is 2. The van der Waals surface area contributed by atoms with Gasteiger partial charge in [0.15, 0.2) is 0 Å². The molecule has 2 rings (SSSR count). The van der Waals surface area contributed by atoms with Gasteiger partial charge in [-0.2, -0.15) is 0 Å². The summed E-state index contributed by atoms with van der Waals surface area (Å²) in [6.45, 7) is 0.927. The van der Waals surface area contributed by atoms with Crippen LogP contribution in [-0.4, -0.2) is 25.9 Å². The van der Waals surface area contributed by atoms with Crippen molar-refractivity contribution in [2.45, 2.75) is 25.0 Å². The molecule has 0 bridgehead atoms. The Morgan fingerprint density at radius 1 is 1.44 bits per heavy atom. The molecule has 1 aliphatic carbocycles. The molecule has 1 saturated carbocycles. The van der Waals surface area contributed by atoms with Crippen molar-refractivity contribution in [3.05, 3.63) is 0 Å². The third-order valence-corrected chi connectivity index (χ3v) is 2.22. The van der Waals surface area contributed by atoms with E-state index in [1.165, 1.54) is 12.8 Å². The van der Waals surface area contributed by atoms with Crippen molar-refractivity contribution in [1.82, 2.24) is 0 Å². The van der Waals surface area contributed by atoms with E-state index >= 15 is 0 Å². The first-order valence-electron chi connectivity index (χ1n) is 3.54. The molecule has 1 saturated heterocycles. The third kappa shape index (κ3) is 0.970. The maximum absolute atomic E-state index is 5.27. The number of hydrogen-bond acceptors (Lipinski definition) is 2. The van der Waals surface area contributed by atoms with Gasteiger partial charge < -0.3 is 9.47 Å². The van der Waals surface area contributed by atoms with Gasteiger partial charge in [0.25, 0.3) is 0 Å². The predicted octanol–water partition coefficient (Wildman–Crippen LogP) is 0.810. The molecule has 0 spiro atoms. The number of hydrogen-bond donors (Lipinski definition) is 0. The maximum Gasteiger partial charge on any atom is 0.0845 e. The van der Waals surface area contributed by atoms with E-state index < -0.39 is 0 Å². The van der Waals surface area contributed by atoms with Gasteiger partial charge in [-0.15, -0.1) is 0 Å². The molecule has 2 aliphatic rings. The lowest BCUT2D eigenvalue weighted by Crippen LogP contribution is -2.06. The molecule has 1 aliphatic heterocycles. The molecule has 0 aromatic carbocycles. The highest BCUT2D eigenvalue weighted by Crippen LogP contribution is 2.41. The van der Waals surface area contributed by atoms with Crippen molar-refractivity contribution in [2.75, 3.05) is 13.7 Å². The summed E-state index contributed by atoms with van der Waals surface area (Å²) in [4.78, 5) is 0. The smallest absolute Gasteiger partial charge is 0.0845 e. The van der Waals surface area contributed by atoms with Crippen LogP contribution in [0.25, 0.3) is 0 Å². The quantitative estimate of drug-likeness (QED) is 0.513. The number of epoxide rings is 1. The summed E-state index contributed by atoms with van der Waals surface area (Å²) in [5.41, 5.74) is 0. The van der Waals surface area contributed by atoms with E-state index in [1.807, 2.05) is 0 Å². The van der Waals surface area contributed by atoms with Crippen molar-refractivity contribution in [3.63, 3.8) is 0 Å². The lowest BCUT2D eigenvalue weighted by molar-refractivity contribution is 0.130. The van der Waals surface area contributed by atoms with Crippen LogP contribution in [0.5, 0.6) is 0 Å². The molecule has 0 aromatic heterocycles. The Kier molecular flexibility index (Phi) is 1.24. The van der Waals surface area contributed by atoms with Gasteiger partial charge in [-0.3, -0.25) is 0 Å². The lowest BCUT2D eigenvalue weighted by atomic mass is 10.1. The topological polar surface area (TPSA) is 21.8 Å². The Morgan fingerprint density at radius 2 is 2.11 bits per heavy atom. The monoisotopic (exact) mass is 128 g/mol. The summed E-state index contributed by atoms with van der Waals surface area (Å²) in [6, 6.07) is 0. The second-order valence-electron chi connectivity index (χ2n) is 3.01. The van der Waals surface area contributed by atoms with E-state index in [0.29, 0.717) is 12.2 Å². The van der Waals surface area contributed by atoms with Crippen molar-refractivity contribution in [1.29, 1.82) is 0 Å². The predicted molar refractivity (Wildman–Crippen MR) is 33.3 cm³/mol. The van der Waals surface area contributed by atoms with Gasteiger partial charge in [0.05, 0.1) is 12.2 Å². The first kappa shape index (κ1) is 5.69. The molecular weight excluding hydrogens is 116 g/mol. The molecule has 2 heteroatoms. The van der Waals surface area contributed by atoms with Gasteiger partial charge in [0.2, 0.25) is 0 Å². The molecule has 0 N–H and O–H groups in total. The molecule has 2 atom stereocenters. The minimum absolute atomic E-state index is 0.616. The highest BCUT2D eigenvalue weighted by Gasteiger charge is 2.47. The van der Waals surface area contributed by atoms with Gasteiger partial charge in [-0.1, -0.05) is 0 Å². The average Bonchev–Trinajstić information content (AvgIpc) is 2.42.